The van der Waals surface area contributed by atoms with Crippen LogP contribution in [0.25, 0.3) is 0 Å². The van der Waals surface area contributed by atoms with Crippen LogP contribution in [-0.4, -0.2) is 53.1 Å². The van der Waals surface area contributed by atoms with E-state index in [9.17, 15) is 42.3 Å². The van der Waals surface area contributed by atoms with E-state index in [0.29, 0.717) is 29.7 Å². The number of carboxylic acids is 1. The molecule has 0 unspecified atom stereocenters. The Labute approximate surface area is 317 Å². The van der Waals surface area contributed by atoms with Crippen LogP contribution in [-0.2, 0) is 55.8 Å². The normalized spacial score (nSPS) is 20.3. The molecule has 2 amide bonds. The number of carbonyl (C=O) groups is 5. The minimum atomic E-state index is -4.59. The monoisotopic (exact) mass is 756 g/mol. The zero-order valence-corrected chi connectivity index (χ0v) is 30.1. The molecule has 288 valence electrons. The molecule has 0 fully saturated rings. The summed E-state index contributed by atoms with van der Waals surface area (Å²) in [6.07, 6.45) is -4.29. The third kappa shape index (κ3) is 12.4. The summed E-state index contributed by atoms with van der Waals surface area (Å²) in [6.45, 7) is -0.348. The molecule has 9 nitrogen and oxygen atoms in total. The number of aryl methyl sites for hydroxylation is 2. The van der Waals surface area contributed by atoms with Gasteiger partial charge in [0, 0.05) is 25.2 Å². The van der Waals surface area contributed by atoms with E-state index in [1.54, 1.807) is 24.3 Å². The minimum Gasteiger partial charge on any atom is -0.486 e. The van der Waals surface area contributed by atoms with Gasteiger partial charge in [0.05, 0.1) is 17.5 Å². The number of benzene rings is 4. The Morgan fingerprint density at radius 3 is 1.84 bits per heavy atom. The van der Waals surface area contributed by atoms with Crippen molar-refractivity contribution < 1.29 is 47.0 Å². The number of hydrogen-bond acceptors (Lipinski definition) is 6. The minimum absolute atomic E-state index is 0.00926. The number of Topliss-reactive ketones (excluding diaryl/α,β-unsaturated/α-hetero) is 2. The van der Waals surface area contributed by atoms with Crippen LogP contribution in [0.2, 0.25) is 0 Å². The van der Waals surface area contributed by atoms with Crippen molar-refractivity contribution in [2.75, 3.05) is 6.61 Å². The van der Waals surface area contributed by atoms with Crippen LogP contribution in [0, 0.1) is 11.8 Å². The number of carboxylic acid groups (broad SMARTS) is 1. The van der Waals surface area contributed by atoms with Gasteiger partial charge in [0.15, 0.2) is 11.6 Å². The molecule has 0 aromatic heterocycles. The fraction of sp³-hybridized carbons (Fsp3) is 0.326. The number of ketones is 2. The quantitative estimate of drug-likeness (QED) is 0.181. The van der Waals surface area contributed by atoms with E-state index in [0.717, 1.165) is 23.3 Å². The molecule has 0 saturated heterocycles. The summed E-state index contributed by atoms with van der Waals surface area (Å²) in [5, 5.41) is 15.6. The summed E-state index contributed by atoms with van der Waals surface area (Å²) in [5.74, 6) is -5.20. The molecule has 2 heterocycles. The average Bonchev–Trinajstić information content (AvgIpc) is 3.17. The Kier molecular flexibility index (Phi) is 14.0. The number of amides is 2. The summed E-state index contributed by atoms with van der Waals surface area (Å²) in [6, 6.07) is 26.7. The van der Waals surface area contributed by atoms with Gasteiger partial charge in [0.2, 0.25) is 11.8 Å². The predicted molar refractivity (Wildman–Crippen MR) is 198 cm³/mol. The van der Waals surface area contributed by atoms with E-state index < -0.39 is 65.6 Å². The van der Waals surface area contributed by atoms with Crippen molar-refractivity contribution in [3.8, 4) is 5.75 Å². The van der Waals surface area contributed by atoms with Gasteiger partial charge in [-0.15, -0.1) is 0 Å². The molecule has 6 rings (SSSR count). The van der Waals surface area contributed by atoms with Crippen molar-refractivity contribution in [3.05, 3.63) is 137 Å². The number of hydrogen-bond donors (Lipinski definition) is 3. The fourth-order valence-corrected chi connectivity index (χ4v) is 6.55. The second-order valence-corrected chi connectivity index (χ2v) is 13.9. The van der Waals surface area contributed by atoms with Crippen LogP contribution < -0.4 is 15.4 Å². The topological polar surface area (TPSA) is 139 Å². The Hall–Kier alpha value is -5.78. The lowest BCUT2D eigenvalue weighted by atomic mass is 9.90. The zero-order valence-electron chi connectivity index (χ0n) is 30.1. The van der Waals surface area contributed by atoms with E-state index in [2.05, 4.69) is 10.6 Å². The first kappa shape index (κ1) is 40.4. The molecule has 0 aliphatic carbocycles. The summed E-state index contributed by atoms with van der Waals surface area (Å²) >= 11 is 0. The first-order chi connectivity index (χ1) is 26.3. The van der Waals surface area contributed by atoms with Crippen molar-refractivity contribution >= 4 is 29.4 Å². The highest BCUT2D eigenvalue weighted by molar-refractivity contribution is 5.95. The maximum Gasteiger partial charge on any atom is 0.416 e. The van der Waals surface area contributed by atoms with E-state index in [-0.39, 0.29) is 44.5 Å². The zero-order chi connectivity index (χ0) is 39.4. The standard InChI is InChI=1S/C43H43F3N2O7/c44-43(45,46)34-18-12-31(13-19-34)24-38-41(52)47-37(22-16-29-9-5-2-6-10-29)39(50)26-33(42(53)54)23-30-14-20-36(21-15-30)55-27-35(49)25-32(40(51)48-38)17-11-28-7-3-1-4-8-28/h1-10,12-15,18-21,32-33,37-38H,11,16-17,22-27H2,(H,47,52)(H,48,51)(H,53,54)/t32-,33+,37+,38-/m0/s1. The van der Waals surface area contributed by atoms with Gasteiger partial charge in [0.25, 0.3) is 0 Å². The molecule has 2 aliphatic rings. The number of aliphatic carboxylic acids is 1. The third-order valence-corrected chi connectivity index (χ3v) is 9.69. The average molecular weight is 757 g/mol. The first-order valence-electron chi connectivity index (χ1n) is 18.2. The van der Waals surface area contributed by atoms with Gasteiger partial charge in [-0.3, -0.25) is 24.0 Å². The summed E-state index contributed by atoms with van der Waals surface area (Å²) in [4.78, 5) is 67.8. The first-order valence-corrected chi connectivity index (χ1v) is 18.2. The van der Waals surface area contributed by atoms with Crippen molar-refractivity contribution in [2.45, 2.75) is 69.6 Å². The number of ether oxygens (including phenoxy) is 1. The molecule has 55 heavy (non-hydrogen) atoms. The molecule has 4 aromatic carbocycles. The van der Waals surface area contributed by atoms with Gasteiger partial charge in [-0.2, -0.15) is 13.2 Å². The molecular formula is C43H43F3N2O7. The molecule has 12 heteroatoms. The highest BCUT2D eigenvalue weighted by atomic mass is 19.4. The van der Waals surface area contributed by atoms with Gasteiger partial charge < -0.3 is 20.5 Å². The van der Waals surface area contributed by atoms with Crippen LogP contribution in [0.5, 0.6) is 5.75 Å². The maximum absolute atomic E-state index is 14.2. The Morgan fingerprint density at radius 1 is 0.673 bits per heavy atom. The van der Waals surface area contributed by atoms with E-state index in [1.807, 2.05) is 60.7 Å². The molecule has 2 bridgehead atoms. The maximum atomic E-state index is 14.2. The van der Waals surface area contributed by atoms with E-state index >= 15 is 0 Å². The lowest BCUT2D eigenvalue weighted by molar-refractivity contribution is -0.144. The molecule has 0 spiro atoms. The fourth-order valence-electron chi connectivity index (χ4n) is 6.55. The largest absolute Gasteiger partial charge is 0.486 e. The van der Waals surface area contributed by atoms with Crippen LogP contribution in [0.15, 0.2) is 109 Å². The molecule has 4 atom stereocenters. The number of fused-ring (bicyclic) bond motifs is 16. The molecule has 2 aliphatic heterocycles. The second-order valence-electron chi connectivity index (χ2n) is 13.9. The Bertz CT molecular complexity index is 1920. The Balaban J connectivity index is 1.49. The van der Waals surface area contributed by atoms with Gasteiger partial charge in [0.1, 0.15) is 18.4 Å². The Morgan fingerprint density at radius 2 is 1.25 bits per heavy atom. The lowest BCUT2D eigenvalue weighted by Gasteiger charge is -2.26. The number of nitrogens with one attached hydrogen (secondary N) is 2. The summed E-state index contributed by atoms with van der Waals surface area (Å²) < 4.78 is 45.8. The van der Waals surface area contributed by atoms with Gasteiger partial charge in [-0.25, -0.2) is 0 Å². The third-order valence-electron chi connectivity index (χ3n) is 9.69. The number of rotatable bonds is 9. The van der Waals surface area contributed by atoms with E-state index in [4.69, 9.17) is 4.74 Å². The highest BCUT2D eigenvalue weighted by Crippen LogP contribution is 2.29. The predicted octanol–water partition coefficient (Wildman–Crippen LogP) is 6.35. The summed E-state index contributed by atoms with van der Waals surface area (Å²) in [5.41, 5.74) is 1.83. The lowest BCUT2D eigenvalue weighted by Crippen LogP contribution is -2.54. The highest BCUT2D eigenvalue weighted by Gasteiger charge is 2.33. The van der Waals surface area contributed by atoms with Gasteiger partial charge in [-0.05, 0) is 78.6 Å². The molecule has 3 N–H and O–H groups in total. The number of carbonyl (C=O) groups excluding carboxylic acids is 4. The molecule has 0 saturated carbocycles. The number of alkyl halides is 3. The van der Waals surface area contributed by atoms with Gasteiger partial charge in [-0.1, -0.05) is 84.9 Å². The van der Waals surface area contributed by atoms with Crippen molar-refractivity contribution in [1.29, 1.82) is 0 Å². The van der Waals surface area contributed by atoms with Crippen LogP contribution in [0.4, 0.5) is 13.2 Å². The SMILES string of the molecule is O=C1COc2ccc(cc2)C[C@@H](C(=O)O)CC(=O)[C@@H](CCc2ccccc2)NC(=O)[C@H](Cc2ccc(C(F)(F)F)cc2)NC(=O)[C@@H](CCc2ccccc2)C1. The number of halogens is 3. The van der Waals surface area contributed by atoms with Crippen molar-refractivity contribution in [3.63, 3.8) is 0 Å². The molecule has 4 aromatic rings. The second kappa shape index (κ2) is 19.0. The van der Waals surface area contributed by atoms with Crippen LogP contribution >= 0.6 is 0 Å². The molecular weight excluding hydrogens is 713 g/mol. The van der Waals surface area contributed by atoms with Gasteiger partial charge >= 0.3 is 12.1 Å². The molecule has 0 radical (unpaired) electrons. The summed E-state index contributed by atoms with van der Waals surface area (Å²) in [7, 11) is 0. The van der Waals surface area contributed by atoms with Crippen molar-refractivity contribution in [2.24, 2.45) is 11.8 Å². The van der Waals surface area contributed by atoms with E-state index in [1.165, 1.54) is 12.1 Å². The van der Waals surface area contributed by atoms with Crippen molar-refractivity contribution in [1.82, 2.24) is 10.6 Å². The van der Waals surface area contributed by atoms with Crippen LogP contribution in [0.3, 0.4) is 0 Å². The smallest absolute Gasteiger partial charge is 0.416 e. The van der Waals surface area contributed by atoms with Crippen LogP contribution in [0.1, 0.15) is 53.5 Å².